The topological polar surface area (TPSA) is 35.5 Å². The Hall–Kier alpha value is 0.150. The van der Waals surface area contributed by atoms with Crippen molar-refractivity contribution < 1.29 is 13.6 Å². The molecule has 98 valence electrons. The molecule has 0 spiro atoms. The van der Waals surface area contributed by atoms with E-state index in [1.165, 1.54) is 12.8 Å². The van der Waals surface area contributed by atoms with E-state index in [0.29, 0.717) is 25.3 Å². The van der Waals surface area contributed by atoms with Gasteiger partial charge < -0.3 is 9.05 Å². The fourth-order valence-electron chi connectivity index (χ4n) is 1.77. The molecule has 0 aromatic carbocycles. The van der Waals surface area contributed by atoms with Gasteiger partial charge in [-0.05, 0) is 26.2 Å². The standard InChI is InChI=1S/C12H27O3P/c1-5-9-10-12(6-2)11-16(13,14-7-3)15-8-4/h12H,5-11H2,1-4H3. The molecule has 0 amide bonds. The van der Waals surface area contributed by atoms with Crippen molar-refractivity contribution in [2.45, 2.75) is 53.4 Å². The summed E-state index contributed by atoms with van der Waals surface area (Å²) in [5.41, 5.74) is 0. The van der Waals surface area contributed by atoms with Gasteiger partial charge in [0.05, 0.1) is 19.4 Å². The normalized spacial score (nSPS) is 14.0. The molecule has 4 heteroatoms. The van der Waals surface area contributed by atoms with Crippen molar-refractivity contribution in [1.82, 2.24) is 0 Å². The minimum atomic E-state index is -2.83. The van der Waals surface area contributed by atoms with Crippen LogP contribution in [-0.2, 0) is 13.6 Å². The SMILES string of the molecule is CCCCC(CC)CP(=O)(OCC)OCC. The quantitative estimate of drug-likeness (QED) is 0.537. The molecule has 0 aliphatic rings. The Morgan fingerprint density at radius 1 is 1.06 bits per heavy atom. The van der Waals surface area contributed by atoms with Gasteiger partial charge in [-0.2, -0.15) is 0 Å². The summed E-state index contributed by atoms with van der Waals surface area (Å²) in [6.45, 7) is 8.96. The molecule has 0 rings (SSSR count). The van der Waals surface area contributed by atoms with Crippen molar-refractivity contribution in [3.05, 3.63) is 0 Å². The van der Waals surface area contributed by atoms with Gasteiger partial charge >= 0.3 is 7.60 Å². The molecule has 0 fully saturated rings. The van der Waals surface area contributed by atoms with Crippen molar-refractivity contribution >= 4 is 7.60 Å². The first-order valence-corrected chi connectivity index (χ1v) is 8.22. The molecule has 0 bridgehead atoms. The monoisotopic (exact) mass is 250 g/mol. The fraction of sp³-hybridized carbons (Fsp3) is 1.00. The van der Waals surface area contributed by atoms with Gasteiger partial charge in [-0.3, -0.25) is 4.57 Å². The fourth-order valence-corrected chi connectivity index (χ4v) is 3.91. The molecule has 1 atom stereocenters. The van der Waals surface area contributed by atoms with Gasteiger partial charge in [-0.1, -0.05) is 33.1 Å². The second-order valence-corrected chi connectivity index (χ2v) is 6.15. The summed E-state index contributed by atoms with van der Waals surface area (Å²) >= 11 is 0. The van der Waals surface area contributed by atoms with E-state index in [1.54, 1.807) is 0 Å². The Bertz CT molecular complexity index is 196. The second kappa shape index (κ2) is 9.21. The van der Waals surface area contributed by atoms with Crippen LogP contribution in [-0.4, -0.2) is 19.4 Å². The summed E-state index contributed by atoms with van der Waals surface area (Å²) in [5, 5.41) is 0. The molecular formula is C12H27O3P. The van der Waals surface area contributed by atoms with Crippen LogP contribution in [0.5, 0.6) is 0 Å². The molecule has 0 N–H and O–H groups in total. The smallest absolute Gasteiger partial charge is 0.309 e. The van der Waals surface area contributed by atoms with Crippen LogP contribution in [0, 0.1) is 5.92 Å². The predicted molar refractivity (Wildman–Crippen MR) is 69.0 cm³/mol. The Morgan fingerprint density at radius 3 is 2.00 bits per heavy atom. The van der Waals surface area contributed by atoms with E-state index in [4.69, 9.17) is 9.05 Å². The van der Waals surface area contributed by atoms with Gasteiger partial charge in [-0.15, -0.1) is 0 Å². The molecular weight excluding hydrogens is 223 g/mol. The highest BCUT2D eigenvalue weighted by molar-refractivity contribution is 7.53. The van der Waals surface area contributed by atoms with E-state index >= 15 is 0 Å². The highest BCUT2D eigenvalue weighted by atomic mass is 31.2. The molecule has 0 aromatic rings. The molecule has 16 heavy (non-hydrogen) atoms. The number of rotatable bonds is 10. The molecule has 0 saturated carbocycles. The summed E-state index contributed by atoms with van der Waals surface area (Å²) in [6.07, 6.45) is 5.12. The molecule has 0 saturated heterocycles. The lowest BCUT2D eigenvalue weighted by molar-refractivity contribution is 0.214. The first-order chi connectivity index (χ1) is 7.61. The van der Waals surface area contributed by atoms with Gasteiger partial charge in [0.25, 0.3) is 0 Å². The van der Waals surface area contributed by atoms with Crippen molar-refractivity contribution in [1.29, 1.82) is 0 Å². The Morgan fingerprint density at radius 2 is 1.62 bits per heavy atom. The number of hydrogen-bond acceptors (Lipinski definition) is 3. The third kappa shape index (κ3) is 6.67. The lowest BCUT2D eigenvalue weighted by Gasteiger charge is -2.22. The Labute approximate surface area is 100 Å². The van der Waals surface area contributed by atoms with Gasteiger partial charge in [0.15, 0.2) is 0 Å². The second-order valence-electron chi connectivity index (χ2n) is 4.05. The van der Waals surface area contributed by atoms with Gasteiger partial charge in [0.2, 0.25) is 0 Å². The van der Waals surface area contributed by atoms with Crippen molar-refractivity contribution in [2.24, 2.45) is 5.92 Å². The van der Waals surface area contributed by atoms with Crippen LogP contribution in [0.25, 0.3) is 0 Å². The number of unbranched alkanes of at least 4 members (excludes halogenated alkanes) is 1. The van der Waals surface area contributed by atoms with Gasteiger partial charge in [0.1, 0.15) is 0 Å². The maximum atomic E-state index is 12.3. The molecule has 3 nitrogen and oxygen atoms in total. The van der Waals surface area contributed by atoms with Crippen LogP contribution < -0.4 is 0 Å². The summed E-state index contributed by atoms with van der Waals surface area (Å²) in [4.78, 5) is 0. The van der Waals surface area contributed by atoms with Crippen LogP contribution in [0.15, 0.2) is 0 Å². The maximum absolute atomic E-state index is 12.3. The molecule has 1 unspecified atom stereocenters. The van der Waals surface area contributed by atoms with Crippen molar-refractivity contribution in [3.8, 4) is 0 Å². The highest BCUT2D eigenvalue weighted by Gasteiger charge is 2.27. The molecule has 0 radical (unpaired) electrons. The zero-order valence-corrected chi connectivity index (χ0v) is 12.1. The average molecular weight is 250 g/mol. The van der Waals surface area contributed by atoms with Crippen LogP contribution in [0.4, 0.5) is 0 Å². The van der Waals surface area contributed by atoms with E-state index < -0.39 is 7.60 Å². The Balaban J connectivity index is 4.27. The summed E-state index contributed by atoms with van der Waals surface area (Å²) in [5.74, 6) is 0.462. The zero-order valence-electron chi connectivity index (χ0n) is 11.2. The first-order valence-electron chi connectivity index (χ1n) is 6.49. The van der Waals surface area contributed by atoms with E-state index in [2.05, 4.69) is 13.8 Å². The lowest BCUT2D eigenvalue weighted by atomic mass is 10.0. The minimum absolute atomic E-state index is 0.460. The largest absolute Gasteiger partial charge is 0.330 e. The lowest BCUT2D eigenvalue weighted by Crippen LogP contribution is -2.10. The molecule has 0 aliphatic carbocycles. The van der Waals surface area contributed by atoms with E-state index in [0.717, 1.165) is 12.8 Å². The van der Waals surface area contributed by atoms with Crippen LogP contribution in [0.1, 0.15) is 53.4 Å². The minimum Gasteiger partial charge on any atom is -0.309 e. The van der Waals surface area contributed by atoms with E-state index in [1.807, 2.05) is 13.8 Å². The van der Waals surface area contributed by atoms with Crippen LogP contribution >= 0.6 is 7.60 Å². The maximum Gasteiger partial charge on any atom is 0.330 e. The predicted octanol–water partition coefficient (Wildman–Crippen LogP) is 4.47. The summed E-state index contributed by atoms with van der Waals surface area (Å²) in [6, 6.07) is 0. The average Bonchev–Trinajstić information content (AvgIpc) is 2.25. The van der Waals surface area contributed by atoms with Crippen LogP contribution in [0.2, 0.25) is 0 Å². The van der Waals surface area contributed by atoms with Crippen molar-refractivity contribution in [3.63, 3.8) is 0 Å². The molecule has 0 aliphatic heterocycles. The van der Waals surface area contributed by atoms with Gasteiger partial charge in [0, 0.05) is 0 Å². The summed E-state index contributed by atoms with van der Waals surface area (Å²) in [7, 11) is -2.83. The van der Waals surface area contributed by atoms with Gasteiger partial charge in [-0.25, -0.2) is 0 Å². The summed E-state index contributed by atoms with van der Waals surface area (Å²) < 4.78 is 22.9. The molecule has 0 aromatic heterocycles. The number of hydrogen-bond donors (Lipinski definition) is 0. The van der Waals surface area contributed by atoms with E-state index in [9.17, 15) is 4.57 Å². The third-order valence-corrected chi connectivity index (χ3v) is 4.94. The third-order valence-electron chi connectivity index (χ3n) is 2.68. The zero-order chi connectivity index (χ0) is 12.4. The van der Waals surface area contributed by atoms with Crippen molar-refractivity contribution in [2.75, 3.05) is 19.4 Å². The van der Waals surface area contributed by atoms with E-state index in [-0.39, 0.29) is 0 Å². The molecule has 0 heterocycles. The first kappa shape index (κ1) is 16.1. The Kier molecular flexibility index (Phi) is 9.29. The highest BCUT2D eigenvalue weighted by Crippen LogP contribution is 2.50. The van der Waals surface area contributed by atoms with Crippen LogP contribution in [0.3, 0.4) is 0 Å².